The fourth-order valence-electron chi connectivity index (χ4n) is 2.80. The lowest BCUT2D eigenvalue weighted by Gasteiger charge is -2.31. The van der Waals surface area contributed by atoms with E-state index in [4.69, 9.17) is 4.74 Å². The van der Waals surface area contributed by atoms with Gasteiger partial charge in [0.05, 0.1) is 13.2 Å². The summed E-state index contributed by atoms with van der Waals surface area (Å²) in [4.78, 5) is 14.4. The molecule has 116 valence electrons. The molecule has 0 aliphatic carbocycles. The summed E-state index contributed by atoms with van der Waals surface area (Å²) in [7, 11) is 1.67. The van der Waals surface area contributed by atoms with Crippen LogP contribution >= 0.6 is 0 Å². The molecule has 1 aliphatic heterocycles. The number of amides is 1. The largest absolute Gasteiger partial charge is 0.496 e. The Morgan fingerprint density at radius 3 is 2.52 bits per heavy atom. The van der Waals surface area contributed by atoms with Crippen molar-refractivity contribution in [2.45, 2.75) is 46.8 Å². The topological polar surface area (TPSA) is 41.6 Å². The molecular formula is C17H26N2O2. The zero-order valence-corrected chi connectivity index (χ0v) is 13.9. The predicted octanol–water partition coefficient (Wildman–Crippen LogP) is 2.87. The van der Waals surface area contributed by atoms with Crippen LogP contribution in [0.4, 0.5) is 0 Å². The van der Waals surface area contributed by atoms with Crippen LogP contribution in [0, 0.1) is 12.3 Å². The fraction of sp³-hybridized carbons (Fsp3) is 0.588. The number of hydrogen-bond acceptors (Lipinski definition) is 3. The summed E-state index contributed by atoms with van der Waals surface area (Å²) >= 11 is 0. The molecule has 0 bridgehead atoms. The van der Waals surface area contributed by atoms with Crippen LogP contribution < -0.4 is 10.1 Å². The summed E-state index contributed by atoms with van der Waals surface area (Å²) in [5.41, 5.74) is 2.26. The van der Waals surface area contributed by atoms with Gasteiger partial charge in [-0.3, -0.25) is 10.1 Å². The monoisotopic (exact) mass is 290 g/mol. The molecule has 0 saturated carbocycles. The van der Waals surface area contributed by atoms with Crippen LogP contribution in [0.1, 0.15) is 45.0 Å². The van der Waals surface area contributed by atoms with Gasteiger partial charge in [-0.1, -0.05) is 26.8 Å². The van der Waals surface area contributed by atoms with E-state index < -0.39 is 0 Å². The maximum atomic E-state index is 12.4. The van der Waals surface area contributed by atoms with Crippen molar-refractivity contribution in [1.29, 1.82) is 0 Å². The summed E-state index contributed by atoms with van der Waals surface area (Å²) < 4.78 is 5.31. The van der Waals surface area contributed by atoms with E-state index in [2.05, 4.69) is 32.2 Å². The smallest absolute Gasteiger partial charge is 0.241 e. The lowest BCUT2D eigenvalue weighted by atomic mass is 9.95. The lowest BCUT2D eigenvalue weighted by molar-refractivity contribution is -0.131. The molecule has 21 heavy (non-hydrogen) atoms. The maximum absolute atomic E-state index is 12.4. The van der Waals surface area contributed by atoms with E-state index >= 15 is 0 Å². The molecule has 2 unspecified atom stereocenters. The van der Waals surface area contributed by atoms with E-state index in [1.165, 1.54) is 0 Å². The van der Waals surface area contributed by atoms with E-state index in [-0.39, 0.29) is 23.5 Å². The number of nitrogens with zero attached hydrogens (tertiary/aromatic N) is 1. The van der Waals surface area contributed by atoms with Crippen LogP contribution in [0.5, 0.6) is 5.75 Å². The zero-order valence-electron chi connectivity index (χ0n) is 13.9. The second-order valence-electron chi connectivity index (χ2n) is 7.05. The quantitative estimate of drug-likeness (QED) is 0.930. The Bertz CT molecular complexity index is 534. The molecule has 4 heteroatoms. The molecule has 1 amide bonds. The molecule has 4 nitrogen and oxygen atoms in total. The Labute approximate surface area is 127 Å². The van der Waals surface area contributed by atoms with Gasteiger partial charge in [0, 0.05) is 6.54 Å². The van der Waals surface area contributed by atoms with Crippen LogP contribution in [0.3, 0.4) is 0 Å². The third-order valence-electron chi connectivity index (χ3n) is 3.75. The number of aryl methyl sites for hydroxylation is 1. The van der Waals surface area contributed by atoms with E-state index in [0.717, 1.165) is 23.4 Å². The van der Waals surface area contributed by atoms with Crippen molar-refractivity contribution in [2.75, 3.05) is 13.7 Å². The first kappa shape index (κ1) is 15.8. The second-order valence-corrected chi connectivity index (χ2v) is 7.05. The minimum atomic E-state index is -0.139. The highest BCUT2D eigenvalue weighted by Gasteiger charge is 2.38. The molecule has 1 fully saturated rings. The third-order valence-corrected chi connectivity index (χ3v) is 3.75. The average molecular weight is 290 g/mol. The molecule has 0 spiro atoms. The standard InChI is InChI=1S/C17H26N2O2/c1-11-9-13(7-8-14(11)21-6)15-18-12(2)16(20)19(15)10-17(3,4)5/h7-9,12,15,18H,10H2,1-6H3. The Hall–Kier alpha value is -1.55. The van der Waals surface area contributed by atoms with Crippen LogP contribution in [0.15, 0.2) is 18.2 Å². The molecule has 1 saturated heterocycles. The molecule has 0 radical (unpaired) electrons. The summed E-state index contributed by atoms with van der Waals surface area (Å²) in [6.07, 6.45) is -0.0590. The Morgan fingerprint density at radius 2 is 2.00 bits per heavy atom. The van der Waals surface area contributed by atoms with E-state index in [1.54, 1.807) is 7.11 Å². The zero-order chi connectivity index (χ0) is 15.8. The van der Waals surface area contributed by atoms with Gasteiger partial charge in [-0.05, 0) is 42.5 Å². The minimum absolute atomic E-state index is 0.0590. The number of nitrogens with one attached hydrogen (secondary N) is 1. The predicted molar refractivity (Wildman–Crippen MR) is 84.2 cm³/mol. The van der Waals surface area contributed by atoms with E-state index in [1.807, 2.05) is 30.9 Å². The third kappa shape index (κ3) is 3.38. The highest BCUT2D eigenvalue weighted by molar-refractivity contribution is 5.84. The first-order valence-corrected chi connectivity index (χ1v) is 7.44. The van der Waals surface area contributed by atoms with Crippen molar-refractivity contribution in [3.05, 3.63) is 29.3 Å². The summed E-state index contributed by atoms with van der Waals surface area (Å²) in [5.74, 6) is 1.04. The number of methoxy groups -OCH3 is 1. The highest BCUT2D eigenvalue weighted by atomic mass is 16.5. The number of rotatable bonds is 3. The van der Waals surface area contributed by atoms with Gasteiger partial charge in [-0.15, -0.1) is 0 Å². The molecule has 1 aromatic carbocycles. The molecule has 1 aromatic rings. The molecule has 1 aliphatic rings. The number of carbonyl (C=O) groups excluding carboxylic acids is 1. The van der Waals surface area contributed by atoms with Gasteiger partial charge in [0.1, 0.15) is 11.9 Å². The van der Waals surface area contributed by atoms with Crippen molar-refractivity contribution in [2.24, 2.45) is 5.41 Å². The van der Waals surface area contributed by atoms with Crippen LogP contribution in [-0.2, 0) is 4.79 Å². The van der Waals surface area contributed by atoms with Crippen molar-refractivity contribution < 1.29 is 9.53 Å². The van der Waals surface area contributed by atoms with E-state index in [9.17, 15) is 4.79 Å². The van der Waals surface area contributed by atoms with Gasteiger partial charge >= 0.3 is 0 Å². The molecule has 1 heterocycles. The molecular weight excluding hydrogens is 264 g/mol. The normalized spacial score (nSPS) is 22.8. The molecule has 0 aromatic heterocycles. The van der Waals surface area contributed by atoms with Crippen molar-refractivity contribution >= 4 is 5.91 Å². The van der Waals surface area contributed by atoms with Gasteiger partial charge in [-0.2, -0.15) is 0 Å². The lowest BCUT2D eigenvalue weighted by Crippen LogP contribution is -2.37. The number of hydrogen-bond donors (Lipinski definition) is 1. The van der Waals surface area contributed by atoms with Gasteiger partial charge in [-0.25, -0.2) is 0 Å². The number of benzene rings is 1. The number of ether oxygens (including phenoxy) is 1. The van der Waals surface area contributed by atoms with Crippen molar-refractivity contribution in [1.82, 2.24) is 10.2 Å². The van der Waals surface area contributed by atoms with Crippen molar-refractivity contribution in [3.8, 4) is 5.75 Å². The SMILES string of the molecule is COc1ccc(C2NC(C)C(=O)N2CC(C)(C)C)cc1C. The fourth-order valence-corrected chi connectivity index (χ4v) is 2.80. The Balaban J connectivity index is 2.32. The van der Waals surface area contributed by atoms with E-state index in [0.29, 0.717) is 0 Å². The van der Waals surface area contributed by atoms with Gasteiger partial charge in [0.15, 0.2) is 0 Å². The Morgan fingerprint density at radius 1 is 1.33 bits per heavy atom. The van der Waals surface area contributed by atoms with Crippen molar-refractivity contribution in [3.63, 3.8) is 0 Å². The second kappa shape index (κ2) is 5.68. The summed E-state index contributed by atoms with van der Waals surface area (Å²) in [6, 6.07) is 5.96. The maximum Gasteiger partial charge on any atom is 0.241 e. The summed E-state index contributed by atoms with van der Waals surface area (Å²) in [6.45, 7) is 11.1. The molecule has 2 rings (SSSR count). The first-order valence-electron chi connectivity index (χ1n) is 7.44. The van der Waals surface area contributed by atoms with Gasteiger partial charge in [0.25, 0.3) is 0 Å². The van der Waals surface area contributed by atoms with Crippen LogP contribution in [0.2, 0.25) is 0 Å². The first-order chi connectivity index (χ1) is 9.73. The average Bonchev–Trinajstić information content (AvgIpc) is 2.65. The van der Waals surface area contributed by atoms with Crippen LogP contribution in [0.25, 0.3) is 0 Å². The molecule has 2 atom stereocenters. The van der Waals surface area contributed by atoms with Gasteiger partial charge < -0.3 is 9.64 Å². The number of carbonyl (C=O) groups is 1. The highest BCUT2D eigenvalue weighted by Crippen LogP contribution is 2.31. The minimum Gasteiger partial charge on any atom is -0.496 e. The van der Waals surface area contributed by atoms with Gasteiger partial charge in [0.2, 0.25) is 5.91 Å². The van der Waals surface area contributed by atoms with Crippen LogP contribution in [-0.4, -0.2) is 30.5 Å². The Kier molecular flexibility index (Phi) is 4.28. The summed E-state index contributed by atoms with van der Waals surface area (Å²) in [5, 5.41) is 3.39. The molecule has 1 N–H and O–H groups in total.